The topological polar surface area (TPSA) is 114 Å². The fourth-order valence-electron chi connectivity index (χ4n) is 3.06. The van der Waals surface area contributed by atoms with E-state index in [0.29, 0.717) is 11.8 Å². The molecule has 0 aliphatic heterocycles. The molecule has 31 heavy (non-hydrogen) atoms. The number of ether oxygens (including phenoxy) is 1. The standard InChI is InChI=1S/C21H22N8O.H2S/c1-14(16-5-3-4-6-18(16)30-2)10-22-20-9-17(24-12-25-20)15-7-8-19(23-11-15)28-21-26-13-27-29-21;/h3-9,11-14H,10H2,1-2H3,(H,22,24,25)(H2,23,26,27,28,29);1H2/t14-;/m1./s1. The Morgan fingerprint density at radius 2 is 1.87 bits per heavy atom. The zero-order chi connectivity index (χ0) is 20.8. The summed E-state index contributed by atoms with van der Waals surface area (Å²) in [5.41, 5.74) is 2.83. The number of methoxy groups -OCH3 is 1. The molecule has 0 bridgehead atoms. The van der Waals surface area contributed by atoms with Crippen LogP contribution >= 0.6 is 13.5 Å². The highest BCUT2D eigenvalue weighted by Crippen LogP contribution is 2.26. The highest BCUT2D eigenvalue weighted by atomic mass is 32.1. The lowest BCUT2D eigenvalue weighted by atomic mass is 10.00. The van der Waals surface area contributed by atoms with Crippen LogP contribution in [0.15, 0.2) is 61.3 Å². The van der Waals surface area contributed by atoms with E-state index < -0.39 is 0 Å². The molecule has 0 fully saturated rings. The van der Waals surface area contributed by atoms with Gasteiger partial charge in [-0.1, -0.05) is 25.1 Å². The molecule has 0 saturated carbocycles. The fourth-order valence-corrected chi connectivity index (χ4v) is 3.06. The largest absolute Gasteiger partial charge is 0.496 e. The number of aromatic amines is 1. The van der Waals surface area contributed by atoms with Crippen LogP contribution in [0.2, 0.25) is 0 Å². The summed E-state index contributed by atoms with van der Waals surface area (Å²) in [6.07, 6.45) is 4.73. The van der Waals surface area contributed by atoms with Gasteiger partial charge in [-0.15, -0.1) is 0 Å². The second-order valence-corrected chi connectivity index (χ2v) is 6.70. The van der Waals surface area contributed by atoms with Crippen LogP contribution in [-0.2, 0) is 0 Å². The molecule has 1 aromatic carbocycles. The van der Waals surface area contributed by atoms with Crippen molar-refractivity contribution in [1.29, 1.82) is 0 Å². The first-order chi connectivity index (χ1) is 14.7. The molecule has 3 aromatic heterocycles. The second kappa shape index (κ2) is 10.4. The van der Waals surface area contributed by atoms with E-state index in [4.69, 9.17) is 4.74 Å². The van der Waals surface area contributed by atoms with Crippen molar-refractivity contribution in [2.45, 2.75) is 12.8 Å². The van der Waals surface area contributed by atoms with Gasteiger partial charge in [0.1, 0.15) is 30.0 Å². The first-order valence-corrected chi connectivity index (χ1v) is 9.50. The van der Waals surface area contributed by atoms with Crippen molar-refractivity contribution in [2.24, 2.45) is 0 Å². The molecule has 0 radical (unpaired) electrons. The summed E-state index contributed by atoms with van der Waals surface area (Å²) in [6, 6.07) is 13.8. The van der Waals surface area contributed by atoms with Gasteiger partial charge in [0.25, 0.3) is 0 Å². The van der Waals surface area contributed by atoms with Crippen LogP contribution in [0.4, 0.5) is 17.6 Å². The minimum absolute atomic E-state index is 0. The van der Waals surface area contributed by atoms with Crippen LogP contribution in [0.5, 0.6) is 5.75 Å². The van der Waals surface area contributed by atoms with Crippen LogP contribution in [0.1, 0.15) is 18.4 Å². The number of anilines is 3. The maximum absolute atomic E-state index is 5.46. The third-order valence-electron chi connectivity index (χ3n) is 4.65. The van der Waals surface area contributed by atoms with Crippen LogP contribution in [0, 0.1) is 0 Å². The van der Waals surface area contributed by atoms with E-state index in [1.165, 1.54) is 6.33 Å². The normalized spacial score (nSPS) is 11.3. The van der Waals surface area contributed by atoms with Crippen molar-refractivity contribution in [3.05, 3.63) is 66.9 Å². The Hall–Kier alpha value is -3.66. The Bertz CT molecular complexity index is 1090. The van der Waals surface area contributed by atoms with Crippen molar-refractivity contribution >= 4 is 31.1 Å². The highest BCUT2D eigenvalue weighted by Gasteiger charge is 2.11. The third-order valence-corrected chi connectivity index (χ3v) is 4.65. The summed E-state index contributed by atoms with van der Waals surface area (Å²) in [6.45, 7) is 2.87. The molecule has 3 heterocycles. The maximum atomic E-state index is 5.46. The van der Waals surface area contributed by atoms with E-state index in [9.17, 15) is 0 Å². The Balaban J connectivity index is 0.00000272. The quantitative estimate of drug-likeness (QED) is 0.383. The Kier molecular flexibility index (Phi) is 7.39. The highest BCUT2D eigenvalue weighted by molar-refractivity contribution is 7.59. The molecular weight excluding hydrogens is 412 g/mol. The number of nitrogens with zero attached hydrogens (tertiary/aromatic N) is 5. The average molecular weight is 437 g/mol. The summed E-state index contributed by atoms with van der Waals surface area (Å²) in [5, 5.41) is 12.9. The van der Waals surface area contributed by atoms with Crippen LogP contribution < -0.4 is 15.4 Å². The summed E-state index contributed by atoms with van der Waals surface area (Å²) < 4.78 is 5.46. The van der Waals surface area contributed by atoms with E-state index in [1.807, 2.05) is 36.4 Å². The lowest BCUT2D eigenvalue weighted by Gasteiger charge is -2.16. The molecule has 0 aliphatic rings. The Labute approximate surface area is 187 Å². The number of benzene rings is 1. The smallest absolute Gasteiger partial charge is 0.224 e. The van der Waals surface area contributed by atoms with E-state index in [2.05, 4.69) is 53.8 Å². The molecule has 160 valence electrons. The van der Waals surface area contributed by atoms with E-state index in [0.717, 1.165) is 34.9 Å². The number of para-hydroxylation sites is 1. The van der Waals surface area contributed by atoms with Crippen molar-refractivity contribution in [2.75, 3.05) is 24.3 Å². The summed E-state index contributed by atoms with van der Waals surface area (Å²) >= 11 is 0. The van der Waals surface area contributed by atoms with Gasteiger partial charge in [-0.05, 0) is 23.8 Å². The molecule has 0 unspecified atom stereocenters. The lowest BCUT2D eigenvalue weighted by Crippen LogP contribution is -2.12. The third kappa shape index (κ3) is 5.48. The molecule has 1 atom stereocenters. The molecule has 3 N–H and O–H groups in total. The number of rotatable bonds is 8. The first kappa shape index (κ1) is 22.0. The van der Waals surface area contributed by atoms with Crippen LogP contribution in [-0.4, -0.2) is 43.8 Å². The SMILES string of the molecule is COc1ccccc1[C@H](C)CNc1cc(-c2ccc(Nc3ncn[nH]3)nc2)ncn1.S. The molecule has 0 spiro atoms. The molecule has 4 aromatic rings. The lowest BCUT2D eigenvalue weighted by molar-refractivity contribution is 0.407. The van der Waals surface area contributed by atoms with Gasteiger partial charge < -0.3 is 15.4 Å². The van der Waals surface area contributed by atoms with E-state index in [1.54, 1.807) is 19.6 Å². The average Bonchev–Trinajstić information content (AvgIpc) is 3.31. The number of hydrogen-bond donors (Lipinski definition) is 3. The molecule has 4 rings (SSSR count). The number of aromatic nitrogens is 6. The fraction of sp³-hybridized carbons (Fsp3) is 0.190. The van der Waals surface area contributed by atoms with E-state index in [-0.39, 0.29) is 19.4 Å². The zero-order valence-electron chi connectivity index (χ0n) is 17.2. The Morgan fingerprint density at radius 1 is 1.00 bits per heavy atom. The van der Waals surface area contributed by atoms with Crippen molar-refractivity contribution in [1.82, 2.24) is 30.1 Å². The van der Waals surface area contributed by atoms with Crippen LogP contribution in [0.25, 0.3) is 11.3 Å². The number of nitrogens with one attached hydrogen (secondary N) is 3. The predicted molar refractivity (Wildman–Crippen MR) is 125 cm³/mol. The minimum atomic E-state index is 0. The van der Waals surface area contributed by atoms with Gasteiger partial charge in [-0.2, -0.15) is 23.6 Å². The molecule has 0 aliphatic carbocycles. The Morgan fingerprint density at radius 3 is 2.61 bits per heavy atom. The van der Waals surface area contributed by atoms with Crippen LogP contribution in [0.3, 0.4) is 0 Å². The van der Waals surface area contributed by atoms with Gasteiger partial charge >= 0.3 is 0 Å². The van der Waals surface area contributed by atoms with Crippen molar-refractivity contribution < 1.29 is 4.74 Å². The number of H-pyrrole nitrogens is 1. The van der Waals surface area contributed by atoms with Gasteiger partial charge in [-0.25, -0.2) is 20.1 Å². The minimum Gasteiger partial charge on any atom is -0.496 e. The first-order valence-electron chi connectivity index (χ1n) is 9.50. The van der Waals surface area contributed by atoms with Crippen molar-refractivity contribution in [3.8, 4) is 17.0 Å². The molecular formula is C21H24N8OS. The maximum Gasteiger partial charge on any atom is 0.224 e. The summed E-state index contributed by atoms with van der Waals surface area (Å²) in [7, 11) is 1.69. The molecule has 0 amide bonds. The van der Waals surface area contributed by atoms with Gasteiger partial charge in [-0.3, -0.25) is 0 Å². The van der Waals surface area contributed by atoms with Gasteiger partial charge in [0, 0.05) is 30.3 Å². The molecule has 9 nitrogen and oxygen atoms in total. The summed E-state index contributed by atoms with van der Waals surface area (Å²) in [5.74, 6) is 3.09. The summed E-state index contributed by atoms with van der Waals surface area (Å²) in [4.78, 5) is 17.1. The van der Waals surface area contributed by atoms with Gasteiger partial charge in [0.2, 0.25) is 5.95 Å². The second-order valence-electron chi connectivity index (χ2n) is 6.70. The zero-order valence-corrected chi connectivity index (χ0v) is 18.2. The molecule has 0 saturated heterocycles. The predicted octanol–water partition coefficient (Wildman–Crippen LogP) is 3.74. The van der Waals surface area contributed by atoms with Gasteiger partial charge in [0.15, 0.2) is 0 Å². The van der Waals surface area contributed by atoms with E-state index >= 15 is 0 Å². The monoisotopic (exact) mass is 436 g/mol. The number of pyridine rings is 1. The number of hydrogen-bond acceptors (Lipinski definition) is 8. The van der Waals surface area contributed by atoms with Gasteiger partial charge in [0.05, 0.1) is 12.8 Å². The molecule has 10 heteroatoms. The van der Waals surface area contributed by atoms with Crippen molar-refractivity contribution in [3.63, 3.8) is 0 Å².